The number of hydrogen-bond donors (Lipinski definition) is 0. The van der Waals surface area contributed by atoms with Crippen LogP contribution < -0.4 is 0 Å². The maximum atomic E-state index is 13.1. The Kier molecular flexibility index (Phi) is 8.34. The van der Waals surface area contributed by atoms with Gasteiger partial charge in [0.2, 0.25) is 0 Å². The van der Waals surface area contributed by atoms with Gasteiger partial charge in [0.25, 0.3) is 0 Å². The first-order valence-electron chi connectivity index (χ1n) is 10.4. The molecule has 0 aliphatic rings. The van der Waals surface area contributed by atoms with Crippen LogP contribution in [0.1, 0.15) is 28.8 Å². The summed E-state index contributed by atoms with van der Waals surface area (Å²) in [5, 5.41) is 0. The molecular weight excluding hydrogens is 427 g/mol. The molecule has 4 nitrogen and oxygen atoms in total. The highest BCUT2D eigenvalue weighted by Crippen LogP contribution is 2.15. The van der Waals surface area contributed by atoms with E-state index in [9.17, 15) is 17.6 Å². The highest BCUT2D eigenvalue weighted by atomic mass is 32.2. The van der Waals surface area contributed by atoms with E-state index >= 15 is 0 Å². The molecule has 6 heteroatoms. The van der Waals surface area contributed by atoms with Gasteiger partial charge in [-0.15, -0.1) is 0 Å². The number of halogens is 1. The Balaban J connectivity index is 1.63. The van der Waals surface area contributed by atoms with Crippen LogP contribution in [0.3, 0.4) is 0 Å². The Morgan fingerprint density at radius 2 is 1.50 bits per heavy atom. The molecule has 0 fully saturated rings. The first-order valence-corrected chi connectivity index (χ1v) is 12.0. The van der Waals surface area contributed by atoms with Crippen LogP contribution in [-0.4, -0.2) is 26.2 Å². The second kappa shape index (κ2) is 11.4. The van der Waals surface area contributed by atoms with Crippen LogP contribution in [0.2, 0.25) is 0 Å². The van der Waals surface area contributed by atoms with E-state index in [4.69, 9.17) is 4.74 Å². The van der Waals surface area contributed by atoms with Crippen molar-refractivity contribution in [3.8, 4) is 0 Å². The van der Waals surface area contributed by atoms with Gasteiger partial charge in [0.1, 0.15) is 11.9 Å². The van der Waals surface area contributed by atoms with Gasteiger partial charge in [-0.1, -0.05) is 60.7 Å². The average molecular weight is 453 g/mol. The van der Waals surface area contributed by atoms with Crippen molar-refractivity contribution in [1.82, 2.24) is 0 Å². The van der Waals surface area contributed by atoms with Crippen molar-refractivity contribution in [1.29, 1.82) is 0 Å². The fraction of sp³-hybridized carbons (Fsp3) is 0.192. The summed E-state index contributed by atoms with van der Waals surface area (Å²) in [5.41, 5.74) is 1.39. The summed E-state index contributed by atoms with van der Waals surface area (Å²) < 4.78 is 43.6. The largest absolute Gasteiger partial charge is 0.458 e. The number of carbonyl (C=O) groups is 1. The molecule has 0 heterocycles. The third-order valence-corrected chi connectivity index (χ3v) is 6.56. The molecule has 0 N–H and O–H groups in total. The zero-order valence-electron chi connectivity index (χ0n) is 17.6. The Morgan fingerprint density at radius 3 is 2.16 bits per heavy atom. The van der Waals surface area contributed by atoms with Gasteiger partial charge in [-0.2, -0.15) is 0 Å². The fourth-order valence-corrected chi connectivity index (χ4v) is 4.32. The first-order chi connectivity index (χ1) is 15.4. The Morgan fingerprint density at radius 1 is 0.875 bits per heavy atom. The zero-order valence-corrected chi connectivity index (χ0v) is 18.4. The van der Waals surface area contributed by atoms with Crippen LogP contribution in [0.15, 0.2) is 102 Å². The summed E-state index contributed by atoms with van der Waals surface area (Å²) in [6.07, 6.45) is 4.38. The number of hydrogen-bond acceptors (Lipinski definition) is 4. The predicted octanol–water partition coefficient (Wildman–Crippen LogP) is 5.40. The predicted molar refractivity (Wildman–Crippen MR) is 123 cm³/mol. The lowest BCUT2D eigenvalue weighted by Gasteiger charge is -2.17. The number of benzene rings is 3. The molecule has 0 saturated carbocycles. The smallest absolute Gasteiger partial charge is 0.338 e. The van der Waals surface area contributed by atoms with E-state index < -0.39 is 21.9 Å². The van der Waals surface area contributed by atoms with E-state index in [-0.39, 0.29) is 16.5 Å². The molecule has 0 bridgehead atoms. The first kappa shape index (κ1) is 23.4. The molecule has 166 valence electrons. The molecule has 3 rings (SSSR count). The highest BCUT2D eigenvalue weighted by molar-refractivity contribution is 7.91. The maximum absolute atomic E-state index is 13.1. The maximum Gasteiger partial charge on any atom is 0.338 e. The fourth-order valence-electron chi connectivity index (χ4n) is 3.16. The summed E-state index contributed by atoms with van der Waals surface area (Å²) in [7, 11) is -3.41. The van der Waals surface area contributed by atoms with E-state index in [0.29, 0.717) is 24.8 Å². The molecule has 0 amide bonds. The summed E-state index contributed by atoms with van der Waals surface area (Å²) in [6, 6.07) is 23.2. The highest BCUT2D eigenvalue weighted by Gasteiger charge is 2.16. The molecule has 0 aromatic heterocycles. The second-order valence-corrected chi connectivity index (χ2v) is 9.39. The van der Waals surface area contributed by atoms with Crippen LogP contribution in [0.25, 0.3) is 0 Å². The minimum absolute atomic E-state index is 0.131. The van der Waals surface area contributed by atoms with Gasteiger partial charge in [-0.25, -0.2) is 17.6 Å². The number of rotatable bonds is 10. The molecule has 1 unspecified atom stereocenters. The lowest BCUT2D eigenvalue weighted by molar-refractivity contribution is 0.0289. The molecule has 1 atom stereocenters. The average Bonchev–Trinajstić information content (AvgIpc) is 2.82. The topological polar surface area (TPSA) is 60.4 Å². The van der Waals surface area contributed by atoms with Gasteiger partial charge in [-0.3, -0.25) is 0 Å². The lowest BCUT2D eigenvalue weighted by Crippen LogP contribution is -2.19. The molecule has 3 aromatic carbocycles. The molecule has 3 aromatic rings. The number of aryl methyl sites for hydroxylation is 1. The number of ether oxygens (including phenoxy) is 1. The Bertz CT molecular complexity index is 1130. The van der Waals surface area contributed by atoms with Gasteiger partial charge in [0.15, 0.2) is 9.84 Å². The van der Waals surface area contributed by atoms with E-state index in [1.54, 1.807) is 78.9 Å². The third-order valence-electron chi connectivity index (χ3n) is 4.94. The SMILES string of the molecule is O=C(OC(C/C=C/CS(=O)(=O)c1ccccc1)CCc1ccc(F)cc1)c1ccccc1. The normalized spacial score (nSPS) is 12.5. The monoisotopic (exact) mass is 452 g/mol. The van der Waals surface area contributed by atoms with Crippen molar-refractivity contribution >= 4 is 15.8 Å². The van der Waals surface area contributed by atoms with E-state index in [1.165, 1.54) is 12.1 Å². The van der Waals surface area contributed by atoms with E-state index in [1.807, 2.05) is 6.07 Å². The van der Waals surface area contributed by atoms with Gasteiger partial charge >= 0.3 is 5.97 Å². The molecule has 0 aliphatic heterocycles. The van der Waals surface area contributed by atoms with Crippen molar-refractivity contribution in [2.45, 2.75) is 30.3 Å². The molecule has 32 heavy (non-hydrogen) atoms. The van der Waals surface area contributed by atoms with Gasteiger partial charge < -0.3 is 4.74 Å². The van der Waals surface area contributed by atoms with Crippen molar-refractivity contribution in [2.24, 2.45) is 0 Å². The molecule has 0 aliphatic carbocycles. The van der Waals surface area contributed by atoms with Gasteiger partial charge in [0, 0.05) is 6.42 Å². The van der Waals surface area contributed by atoms with E-state index in [0.717, 1.165) is 5.56 Å². The van der Waals surface area contributed by atoms with Crippen LogP contribution in [0, 0.1) is 5.82 Å². The van der Waals surface area contributed by atoms with Gasteiger partial charge in [0.05, 0.1) is 16.2 Å². The lowest BCUT2D eigenvalue weighted by atomic mass is 10.0. The Hall–Kier alpha value is -3.25. The van der Waals surface area contributed by atoms with Crippen molar-refractivity contribution in [3.63, 3.8) is 0 Å². The van der Waals surface area contributed by atoms with Crippen LogP contribution >= 0.6 is 0 Å². The minimum atomic E-state index is -3.41. The molecular formula is C26H25FO4S. The van der Waals surface area contributed by atoms with Crippen molar-refractivity contribution in [2.75, 3.05) is 5.75 Å². The Labute approximate surface area is 188 Å². The summed E-state index contributed by atoms with van der Waals surface area (Å²) in [4.78, 5) is 12.8. The standard InChI is InChI=1S/C26H25FO4S/c27-23-17-14-21(15-18-23)16-19-24(31-26(28)22-9-3-1-4-10-22)11-7-8-20-32(29,30)25-12-5-2-6-13-25/h1-10,12-15,17-18,24H,11,16,19-20H2/b8-7+. The minimum Gasteiger partial charge on any atom is -0.458 e. The van der Waals surface area contributed by atoms with Gasteiger partial charge in [-0.05, 0) is 54.8 Å². The summed E-state index contributed by atoms with van der Waals surface area (Å²) in [6.45, 7) is 0. The second-order valence-electron chi connectivity index (χ2n) is 7.36. The van der Waals surface area contributed by atoms with E-state index in [2.05, 4.69) is 0 Å². The molecule has 0 radical (unpaired) electrons. The van der Waals surface area contributed by atoms with Crippen molar-refractivity contribution < 1.29 is 22.3 Å². The molecule has 0 spiro atoms. The number of sulfone groups is 1. The number of esters is 1. The van der Waals surface area contributed by atoms with Crippen LogP contribution in [-0.2, 0) is 21.0 Å². The number of carbonyl (C=O) groups excluding carboxylic acids is 1. The molecule has 0 saturated heterocycles. The third kappa shape index (κ3) is 7.17. The van der Waals surface area contributed by atoms with Crippen LogP contribution in [0.4, 0.5) is 4.39 Å². The van der Waals surface area contributed by atoms with Crippen LogP contribution in [0.5, 0.6) is 0 Å². The zero-order chi connectivity index (χ0) is 22.8. The summed E-state index contributed by atoms with van der Waals surface area (Å²) in [5.74, 6) is -0.864. The summed E-state index contributed by atoms with van der Waals surface area (Å²) >= 11 is 0. The van der Waals surface area contributed by atoms with Crippen molar-refractivity contribution in [3.05, 3.63) is 114 Å². The quantitative estimate of drug-likeness (QED) is 0.305.